The number of nitrogens with zero attached hydrogens (tertiary/aromatic N) is 1. The molecule has 0 aromatic heterocycles. The first-order chi connectivity index (χ1) is 12.8. The van der Waals surface area contributed by atoms with Crippen molar-refractivity contribution in [2.45, 2.75) is 37.4 Å². The van der Waals surface area contributed by atoms with E-state index in [0.29, 0.717) is 25.2 Å². The molecule has 6 nitrogen and oxygen atoms in total. The van der Waals surface area contributed by atoms with Crippen LogP contribution in [0.25, 0.3) is 0 Å². The van der Waals surface area contributed by atoms with Crippen LogP contribution in [0.15, 0.2) is 59.5 Å². The van der Waals surface area contributed by atoms with Crippen molar-refractivity contribution in [3.8, 4) is 0 Å². The molecule has 2 atom stereocenters. The molecule has 1 N–H and O–H groups in total. The highest BCUT2D eigenvalue weighted by Gasteiger charge is 2.33. The van der Waals surface area contributed by atoms with Gasteiger partial charge in [-0.1, -0.05) is 30.3 Å². The highest BCUT2D eigenvalue weighted by atomic mass is 32.2. The van der Waals surface area contributed by atoms with Crippen molar-refractivity contribution in [3.05, 3.63) is 60.2 Å². The van der Waals surface area contributed by atoms with Gasteiger partial charge < -0.3 is 10.1 Å². The first-order valence-electron chi connectivity index (χ1n) is 8.92. The first kappa shape index (κ1) is 19.5. The lowest BCUT2D eigenvalue weighted by Gasteiger charge is -2.36. The lowest BCUT2D eigenvalue weighted by molar-refractivity contribution is -0.114. The summed E-state index contributed by atoms with van der Waals surface area (Å²) in [6.07, 6.45) is 0.295. The second-order valence-corrected chi connectivity index (χ2v) is 8.72. The van der Waals surface area contributed by atoms with Crippen LogP contribution in [0.4, 0.5) is 5.69 Å². The van der Waals surface area contributed by atoms with Crippen LogP contribution in [0.1, 0.15) is 19.4 Å². The summed E-state index contributed by atoms with van der Waals surface area (Å²) in [5.41, 5.74) is 1.69. The summed E-state index contributed by atoms with van der Waals surface area (Å²) in [4.78, 5) is 11.3. The van der Waals surface area contributed by atoms with Crippen molar-refractivity contribution < 1.29 is 17.9 Å². The number of anilines is 1. The molecule has 1 heterocycles. The predicted octanol–water partition coefficient (Wildman–Crippen LogP) is 2.67. The van der Waals surface area contributed by atoms with Gasteiger partial charge in [0.25, 0.3) is 0 Å². The lowest BCUT2D eigenvalue weighted by atomic mass is 10.1. The lowest BCUT2D eigenvalue weighted by Crippen LogP contribution is -2.49. The monoisotopic (exact) mass is 388 g/mol. The number of carbonyl (C=O) groups excluding carboxylic acids is 1. The van der Waals surface area contributed by atoms with Crippen molar-refractivity contribution in [2.75, 3.05) is 18.4 Å². The van der Waals surface area contributed by atoms with Crippen LogP contribution in [-0.2, 0) is 26.0 Å². The second-order valence-electron chi connectivity index (χ2n) is 6.79. The van der Waals surface area contributed by atoms with Gasteiger partial charge in [-0.15, -0.1) is 0 Å². The van der Waals surface area contributed by atoms with Crippen LogP contribution in [0.3, 0.4) is 0 Å². The number of carbonyl (C=O) groups is 1. The molecule has 27 heavy (non-hydrogen) atoms. The number of sulfonamides is 1. The number of hydrogen-bond acceptors (Lipinski definition) is 4. The highest BCUT2D eigenvalue weighted by Crippen LogP contribution is 2.24. The molecule has 1 aliphatic rings. The van der Waals surface area contributed by atoms with E-state index in [1.54, 1.807) is 12.1 Å². The average molecular weight is 388 g/mol. The molecule has 1 saturated heterocycles. The number of amides is 1. The van der Waals surface area contributed by atoms with Crippen molar-refractivity contribution in [1.29, 1.82) is 0 Å². The minimum atomic E-state index is -3.62. The minimum Gasteiger partial charge on any atom is -0.372 e. The van der Waals surface area contributed by atoms with Gasteiger partial charge in [0.2, 0.25) is 15.9 Å². The maximum absolute atomic E-state index is 13.0. The Hall–Kier alpha value is -2.22. The summed E-state index contributed by atoms with van der Waals surface area (Å²) in [7, 11) is -3.62. The molecule has 2 aromatic rings. The summed E-state index contributed by atoms with van der Waals surface area (Å²) in [6.45, 7) is 3.93. The number of rotatable bonds is 5. The fourth-order valence-electron chi connectivity index (χ4n) is 3.25. The summed E-state index contributed by atoms with van der Waals surface area (Å²) in [6, 6.07) is 16.2. The SMILES string of the molecule is CC(=O)Nc1ccc(S(=O)(=O)N2CC(C)OC(Cc3ccccc3)C2)cc1. The molecule has 3 rings (SSSR count). The predicted molar refractivity (Wildman–Crippen MR) is 104 cm³/mol. The zero-order valence-corrected chi connectivity index (χ0v) is 16.3. The molecular formula is C20H24N2O4S. The fourth-order valence-corrected chi connectivity index (χ4v) is 4.80. The molecule has 0 radical (unpaired) electrons. The third kappa shape index (κ3) is 4.94. The Labute approximate surface area is 160 Å². The van der Waals surface area contributed by atoms with Crippen molar-refractivity contribution in [2.24, 2.45) is 0 Å². The number of morpholine rings is 1. The quantitative estimate of drug-likeness (QED) is 0.854. The van der Waals surface area contributed by atoms with E-state index in [9.17, 15) is 13.2 Å². The van der Waals surface area contributed by atoms with E-state index >= 15 is 0 Å². The maximum Gasteiger partial charge on any atom is 0.243 e. The Balaban J connectivity index is 1.75. The molecule has 1 amide bonds. The van der Waals surface area contributed by atoms with Crippen molar-refractivity contribution >= 4 is 21.6 Å². The Morgan fingerprint density at radius 2 is 1.78 bits per heavy atom. The van der Waals surface area contributed by atoms with E-state index in [1.807, 2.05) is 37.3 Å². The number of nitrogens with one attached hydrogen (secondary N) is 1. The Morgan fingerprint density at radius 1 is 1.11 bits per heavy atom. The Bertz CT molecular complexity index is 882. The van der Waals surface area contributed by atoms with Crippen molar-refractivity contribution in [1.82, 2.24) is 4.31 Å². The number of hydrogen-bond donors (Lipinski definition) is 1. The van der Waals surface area contributed by atoms with Gasteiger partial charge in [0.1, 0.15) is 0 Å². The van der Waals surface area contributed by atoms with Crippen LogP contribution in [0.2, 0.25) is 0 Å². The van der Waals surface area contributed by atoms with Crippen LogP contribution in [-0.4, -0.2) is 43.9 Å². The van der Waals surface area contributed by atoms with E-state index < -0.39 is 10.0 Å². The van der Waals surface area contributed by atoms with E-state index in [4.69, 9.17) is 4.74 Å². The van der Waals surface area contributed by atoms with Crippen LogP contribution in [0.5, 0.6) is 0 Å². The second kappa shape index (κ2) is 8.21. The summed E-state index contributed by atoms with van der Waals surface area (Å²) in [5, 5.41) is 2.64. The van der Waals surface area contributed by atoms with Gasteiger partial charge in [0, 0.05) is 25.7 Å². The van der Waals surface area contributed by atoms with Gasteiger partial charge in [-0.25, -0.2) is 8.42 Å². The van der Waals surface area contributed by atoms with Gasteiger partial charge in [-0.2, -0.15) is 4.31 Å². The Morgan fingerprint density at radius 3 is 2.41 bits per heavy atom. The van der Waals surface area contributed by atoms with E-state index in [0.717, 1.165) is 5.56 Å². The molecule has 2 aromatic carbocycles. The maximum atomic E-state index is 13.0. The molecule has 1 fully saturated rings. The van der Waals surface area contributed by atoms with Gasteiger partial charge >= 0.3 is 0 Å². The van der Waals surface area contributed by atoms with Gasteiger partial charge in [-0.05, 0) is 43.2 Å². The molecule has 0 bridgehead atoms. The molecule has 0 saturated carbocycles. The zero-order valence-electron chi connectivity index (χ0n) is 15.5. The molecule has 144 valence electrons. The van der Waals surface area contributed by atoms with Gasteiger partial charge in [0.05, 0.1) is 17.1 Å². The summed E-state index contributed by atoms with van der Waals surface area (Å²) >= 11 is 0. The van der Waals surface area contributed by atoms with Crippen LogP contribution < -0.4 is 5.32 Å². The first-order valence-corrected chi connectivity index (χ1v) is 10.4. The topological polar surface area (TPSA) is 75.7 Å². The molecular weight excluding hydrogens is 364 g/mol. The summed E-state index contributed by atoms with van der Waals surface area (Å²) in [5.74, 6) is -0.198. The van der Waals surface area contributed by atoms with E-state index in [1.165, 1.54) is 23.4 Å². The Kier molecular flexibility index (Phi) is 5.94. The normalized spacial score (nSPS) is 21.0. The zero-order chi connectivity index (χ0) is 19.4. The molecule has 0 spiro atoms. The molecule has 2 unspecified atom stereocenters. The minimum absolute atomic E-state index is 0.180. The molecule has 7 heteroatoms. The van der Waals surface area contributed by atoms with E-state index in [-0.39, 0.29) is 23.0 Å². The summed E-state index contributed by atoms with van der Waals surface area (Å²) < 4.78 is 33.5. The van der Waals surface area contributed by atoms with Gasteiger partial charge in [0.15, 0.2) is 0 Å². The third-order valence-corrected chi connectivity index (χ3v) is 6.26. The number of ether oxygens (including phenoxy) is 1. The third-order valence-electron chi connectivity index (χ3n) is 4.41. The molecule has 0 aliphatic carbocycles. The fraction of sp³-hybridized carbons (Fsp3) is 0.350. The van der Waals surface area contributed by atoms with Crippen LogP contribution in [0, 0.1) is 0 Å². The van der Waals surface area contributed by atoms with Crippen LogP contribution >= 0.6 is 0 Å². The van der Waals surface area contributed by atoms with Gasteiger partial charge in [-0.3, -0.25) is 4.79 Å². The van der Waals surface area contributed by atoms with E-state index in [2.05, 4.69) is 5.32 Å². The largest absolute Gasteiger partial charge is 0.372 e. The average Bonchev–Trinajstić information content (AvgIpc) is 2.62. The smallest absolute Gasteiger partial charge is 0.243 e. The number of benzene rings is 2. The highest BCUT2D eigenvalue weighted by molar-refractivity contribution is 7.89. The molecule has 1 aliphatic heterocycles. The standard InChI is InChI=1S/C20H24N2O4S/c1-15-13-22(14-19(26-15)12-17-6-4-3-5-7-17)27(24,25)20-10-8-18(9-11-20)21-16(2)23/h3-11,15,19H,12-14H2,1-2H3,(H,21,23). The van der Waals surface area contributed by atoms with Crippen molar-refractivity contribution in [3.63, 3.8) is 0 Å².